The van der Waals surface area contributed by atoms with Gasteiger partial charge in [-0.25, -0.2) is 13.2 Å². The molecule has 34 heavy (non-hydrogen) atoms. The Labute approximate surface area is 203 Å². The van der Waals surface area contributed by atoms with Crippen molar-refractivity contribution in [3.63, 3.8) is 0 Å². The first-order chi connectivity index (χ1) is 16.5. The van der Waals surface area contributed by atoms with Gasteiger partial charge in [-0.1, -0.05) is 31.9 Å². The van der Waals surface area contributed by atoms with Crippen LogP contribution in [-0.2, 0) is 0 Å². The summed E-state index contributed by atoms with van der Waals surface area (Å²) in [4.78, 5) is 0. The molecule has 0 heterocycles. The zero-order chi connectivity index (χ0) is 23.7. The van der Waals surface area contributed by atoms with Crippen LogP contribution in [0.15, 0.2) is 36.4 Å². The van der Waals surface area contributed by atoms with Crippen molar-refractivity contribution >= 4 is 0 Å². The van der Waals surface area contributed by atoms with Crippen molar-refractivity contribution in [1.82, 2.24) is 0 Å². The summed E-state index contributed by atoms with van der Waals surface area (Å²) < 4.78 is 43.7. The molecule has 3 aliphatic rings. The van der Waals surface area contributed by atoms with Gasteiger partial charge in [0.25, 0.3) is 0 Å². The third-order valence-electron chi connectivity index (χ3n) is 9.55. The molecule has 0 aliphatic heterocycles. The van der Waals surface area contributed by atoms with Gasteiger partial charge in [0, 0.05) is 5.56 Å². The van der Waals surface area contributed by atoms with E-state index in [1.165, 1.54) is 50.7 Å². The summed E-state index contributed by atoms with van der Waals surface area (Å²) >= 11 is 0. The van der Waals surface area contributed by atoms with Crippen LogP contribution in [-0.4, -0.2) is 0 Å². The van der Waals surface area contributed by atoms with Gasteiger partial charge in [0.05, 0.1) is 0 Å². The Balaban J connectivity index is 1.19. The first-order valence-electron chi connectivity index (χ1n) is 13.7. The minimum atomic E-state index is -0.344. The Kier molecular flexibility index (Phi) is 7.37. The van der Waals surface area contributed by atoms with Gasteiger partial charge < -0.3 is 0 Å². The van der Waals surface area contributed by atoms with Gasteiger partial charge in [-0.15, -0.1) is 0 Å². The van der Waals surface area contributed by atoms with Crippen LogP contribution in [0.3, 0.4) is 0 Å². The first-order valence-corrected chi connectivity index (χ1v) is 13.7. The molecular formula is C31H39F3. The van der Waals surface area contributed by atoms with Crippen LogP contribution < -0.4 is 0 Å². The number of hydrogen-bond acceptors (Lipinski definition) is 0. The number of halogens is 3. The van der Waals surface area contributed by atoms with Gasteiger partial charge >= 0.3 is 0 Å². The fourth-order valence-corrected chi connectivity index (χ4v) is 7.36. The van der Waals surface area contributed by atoms with Gasteiger partial charge in [0.2, 0.25) is 0 Å². The molecule has 0 amide bonds. The van der Waals surface area contributed by atoms with Crippen LogP contribution in [0.5, 0.6) is 0 Å². The molecule has 3 saturated carbocycles. The van der Waals surface area contributed by atoms with E-state index < -0.39 is 0 Å². The molecule has 2 aromatic carbocycles. The van der Waals surface area contributed by atoms with E-state index in [0.29, 0.717) is 17.4 Å². The quantitative estimate of drug-likeness (QED) is 0.419. The molecule has 0 N–H and O–H groups in total. The molecule has 5 rings (SSSR count). The summed E-state index contributed by atoms with van der Waals surface area (Å²) in [6, 6.07) is 10.0. The van der Waals surface area contributed by atoms with Crippen molar-refractivity contribution in [3.8, 4) is 0 Å². The third-order valence-corrected chi connectivity index (χ3v) is 9.55. The van der Waals surface area contributed by atoms with E-state index in [9.17, 15) is 4.39 Å². The lowest BCUT2D eigenvalue weighted by Gasteiger charge is -2.37. The van der Waals surface area contributed by atoms with Crippen LogP contribution in [0.2, 0.25) is 0 Å². The maximum absolute atomic E-state index is 15.2. The molecule has 0 atom stereocenters. The van der Waals surface area contributed by atoms with Crippen molar-refractivity contribution in [1.29, 1.82) is 0 Å². The summed E-state index contributed by atoms with van der Waals surface area (Å²) in [6.07, 6.45) is 13.4. The van der Waals surface area contributed by atoms with Crippen LogP contribution in [0.4, 0.5) is 13.2 Å². The number of rotatable bonds is 4. The van der Waals surface area contributed by atoms with E-state index in [1.807, 2.05) is 12.1 Å². The second-order valence-electron chi connectivity index (χ2n) is 11.6. The maximum atomic E-state index is 15.2. The summed E-state index contributed by atoms with van der Waals surface area (Å²) in [5.41, 5.74) is 2.30. The van der Waals surface area contributed by atoms with E-state index in [4.69, 9.17) is 0 Å². The molecule has 0 unspecified atom stereocenters. The Morgan fingerprint density at radius 2 is 0.971 bits per heavy atom. The molecular weight excluding hydrogens is 429 g/mol. The van der Waals surface area contributed by atoms with Gasteiger partial charge in [-0.3, -0.25) is 0 Å². The van der Waals surface area contributed by atoms with Crippen molar-refractivity contribution in [3.05, 3.63) is 70.5 Å². The molecule has 3 heteroatoms. The number of benzene rings is 2. The minimum absolute atomic E-state index is 0.0600. The Morgan fingerprint density at radius 1 is 0.529 bits per heavy atom. The van der Waals surface area contributed by atoms with Crippen molar-refractivity contribution < 1.29 is 13.2 Å². The summed E-state index contributed by atoms with van der Waals surface area (Å²) in [5.74, 6) is 2.25. The molecule has 3 fully saturated rings. The lowest BCUT2D eigenvalue weighted by Crippen LogP contribution is -2.25. The van der Waals surface area contributed by atoms with E-state index in [2.05, 4.69) is 6.92 Å². The topological polar surface area (TPSA) is 0 Å². The van der Waals surface area contributed by atoms with E-state index in [1.54, 1.807) is 12.1 Å². The minimum Gasteiger partial charge on any atom is -0.207 e. The maximum Gasteiger partial charge on any atom is 0.129 e. The fourth-order valence-electron chi connectivity index (χ4n) is 7.36. The van der Waals surface area contributed by atoms with E-state index in [-0.39, 0.29) is 23.4 Å². The van der Waals surface area contributed by atoms with Crippen LogP contribution in [0, 0.1) is 35.2 Å². The van der Waals surface area contributed by atoms with Crippen LogP contribution in [0.25, 0.3) is 0 Å². The summed E-state index contributed by atoms with van der Waals surface area (Å²) in [7, 11) is 0. The summed E-state index contributed by atoms with van der Waals surface area (Å²) in [6.45, 7) is 2.37. The fraction of sp³-hybridized carbons (Fsp3) is 0.613. The molecule has 184 valence electrons. The van der Waals surface area contributed by atoms with Gasteiger partial charge in [0.15, 0.2) is 0 Å². The van der Waals surface area contributed by atoms with Crippen molar-refractivity contribution in [2.24, 2.45) is 17.8 Å². The largest absolute Gasteiger partial charge is 0.207 e. The van der Waals surface area contributed by atoms with Crippen molar-refractivity contribution in [2.75, 3.05) is 0 Å². The highest BCUT2D eigenvalue weighted by molar-refractivity contribution is 5.32. The molecule has 0 aromatic heterocycles. The normalized spacial score (nSPS) is 32.5. The highest BCUT2D eigenvalue weighted by Gasteiger charge is 2.32. The summed E-state index contributed by atoms with van der Waals surface area (Å²) in [5, 5.41) is 0. The predicted octanol–water partition coefficient (Wildman–Crippen LogP) is 9.65. The van der Waals surface area contributed by atoms with Gasteiger partial charge in [0.1, 0.15) is 17.5 Å². The van der Waals surface area contributed by atoms with Crippen LogP contribution in [0.1, 0.15) is 118 Å². The molecule has 0 nitrogen and oxygen atoms in total. The molecule has 3 aliphatic carbocycles. The van der Waals surface area contributed by atoms with Gasteiger partial charge in [-0.2, -0.15) is 0 Å². The zero-order valence-corrected chi connectivity index (χ0v) is 20.5. The predicted molar refractivity (Wildman–Crippen MR) is 133 cm³/mol. The average Bonchev–Trinajstić information content (AvgIpc) is 2.85. The lowest BCUT2D eigenvalue weighted by molar-refractivity contribution is 0.165. The Morgan fingerprint density at radius 3 is 1.53 bits per heavy atom. The zero-order valence-electron chi connectivity index (χ0n) is 20.5. The molecule has 0 spiro atoms. The molecule has 2 aromatic rings. The Hall–Kier alpha value is -1.77. The first kappa shape index (κ1) is 23.9. The highest BCUT2D eigenvalue weighted by atomic mass is 19.1. The van der Waals surface area contributed by atoms with Gasteiger partial charge in [-0.05, 0) is 135 Å². The SMILES string of the molecule is CC1CCC(C2CCC(c3cc(F)c(C4CCC(c5ccc(F)cc5)CC4)c(F)c3)CC2)CC1. The molecule has 0 radical (unpaired) electrons. The standard InChI is InChI=1S/C31H39F3/c1-20-2-4-21(5-3-20)22-6-8-25(9-7-22)27-18-29(33)31(30(34)19-27)26-12-10-23(11-13-26)24-14-16-28(32)17-15-24/h14-23,25-26H,2-13H2,1H3. The van der Waals surface area contributed by atoms with Crippen LogP contribution >= 0.6 is 0 Å². The monoisotopic (exact) mass is 468 g/mol. The average molecular weight is 469 g/mol. The second kappa shape index (κ2) is 10.5. The number of hydrogen-bond donors (Lipinski definition) is 0. The highest BCUT2D eigenvalue weighted by Crippen LogP contribution is 2.46. The molecule has 0 bridgehead atoms. The molecule has 0 saturated heterocycles. The third kappa shape index (κ3) is 5.24. The Bertz CT molecular complexity index is 918. The van der Waals surface area contributed by atoms with E-state index in [0.717, 1.165) is 67.4 Å². The second-order valence-corrected chi connectivity index (χ2v) is 11.6. The lowest BCUT2D eigenvalue weighted by atomic mass is 9.68. The smallest absolute Gasteiger partial charge is 0.129 e. The van der Waals surface area contributed by atoms with E-state index >= 15 is 8.78 Å². The van der Waals surface area contributed by atoms with Crippen molar-refractivity contribution in [2.45, 2.75) is 102 Å².